The number of Topliss-reactive ketones (excluding diaryl/α,β-unsaturated/α-hetero) is 1. The Balaban J connectivity index is 1.80. The Kier molecular flexibility index (Phi) is 3.38. The predicted octanol–water partition coefficient (Wildman–Crippen LogP) is 4.16. The van der Waals surface area contributed by atoms with Crippen molar-refractivity contribution in [2.24, 2.45) is 0 Å². The predicted molar refractivity (Wildman–Crippen MR) is 82.2 cm³/mol. The average Bonchev–Trinajstić information content (AvgIpc) is 2.95. The van der Waals surface area contributed by atoms with E-state index >= 15 is 0 Å². The molecule has 0 amide bonds. The van der Waals surface area contributed by atoms with E-state index in [1.165, 1.54) is 5.56 Å². The minimum atomic E-state index is 0.169. The Bertz CT molecular complexity index is 737. The SMILES string of the molecule is CCc1ccc(C(=O)Cc2ccc3[nH]ccc3c2)cc1. The Morgan fingerprint density at radius 3 is 2.50 bits per heavy atom. The van der Waals surface area contributed by atoms with Crippen LogP contribution >= 0.6 is 0 Å². The van der Waals surface area contributed by atoms with Crippen LogP contribution in [0.2, 0.25) is 0 Å². The largest absolute Gasteiger partial charge is 0.361 e. The number of hydrogen-bond acceptors (Lipinski definition) is 1. The van der Waals surface area contributed by atoms with Gasteiger partial charge in [0.25, 0.3) is 0 Å². The summed E-state index contributed by atoms with van der Waals surface area (Å²) >= 11 is 0. The molecular weight excluding hydrogens is 246 g/mol. The number of carbonyl (C=O) groups is 1. The number of aryl methyl sites for hydroxylation is 1. The van der Waals surface area contributed by atoms with E-state index in [2.05, 4.69) is 18.0 Å². The summed E-state index contributed by atoms with van der Waals surface area (Å²) in [5.74, 6) is 0.169. The van der Waals surface area contributed by atoms with Crippen LogP contribution in [0.15, 0.2) is 54.7 Å². The molecule has 2 nitrogen and oxygen atoms in total. The zero-order valence-corrected chi connectivity index (χ0v) is 11.5. The summed E-state index contributed by atoms with van der Waals surface area (Å²) in [5, 5.41) is 1.15. The molecule has 20 heavy (non-hydrogen) atoms. The van der Waals surface area contributed by atoms with Gasteiger partial charge in [-0.1, -0.05) is 37.3 Å². The third-order valence-corrected chi connectivity index (χ3v) is 3.67. The van der Waals surface area contributed by atoms with E-state index < -0.39 is 0 Å². The van der Waals surface area contributed by atoms with Crippen molar-refractivity contribution < 1.29 is 4.79 Å². The van der Waals surface area contributed by atoms with Crippen molar-refractivity contribution in [3.63, 3.8) is 0 Å². The summed E-state index contributed by atoms with van der Waals surface area (Å²) in [6.07, 6.45) is 3.37. The molecule has 0 unspecified atom stereocenters. The maximum Gasteiger partial charge on any atom is 0.167 e. The van der Waals surface area contributed by atoms with Crippen LogP contribution in [0.3, 0.4) is 0 Å². The Morgan fingerprint density at radius 2 is 1.75 bits per heavy atom. The maximum absolute atomic E-state index is 12.3. The normalized spacial score (nSPS) is 10.8. The van der Waals surface area contributed by atoms with Gasteiger partial charge in [-0.15, -0.1) is 0 Å². The fourth-order valence-corrected chi connectivity index (χ4v) is 2.43. The first kappa shape index (κ1) is 12.7. The number of fused-ring (bicyclic) bond motifs is 1. The number of H-pyrrole nitrogens is 1. The van der Waals surface area contributed by atoms with Crippen molar-refractivity contribution in [2.75, 3.05) is 0 Å². The first-order valence-electron chi connectivity index (χ1n) is 6.94. The van der Waals surface area contributed by atoms with E-state index in [1.807, 2.05) is 48.7 Å². The molecule has 0 bridgehead atoms. The molecule has 1 N–H and O–H groups in total. The summed E-state index contributed by atoms with van der Waals surface area (Å²) in [6, 6.07) is 16.1. The highest BCUT2D eigenvalue weighted by atomic mass is 16.1. The van der Waals surface area contributed by atoms with Gasteiger partial charge in [-0.2, -0.15) is 0 Å². The highest BCUT2D eigenvalue weighted by Crippen LogP contribution is 2.16. The first-order valence-corrected chi connectivity index (χ1v) is 6.94. The number of rotatable bonds is 4. The van der Waals surface area contributed by atoms with E-state index in [0.717, 1.165) is 28.5 Å². The fraction of sp³-hybridized carbons (Fsp3) is 0.167. The van der Waals surface area contributed by atoms with Crippen LogP contribution < -0.4 is 0 Å². The molecule has 0 atom stereocenters. The van der Waals surface area contributed by atoms with Gasteiger partial charge in [-0.05, 0) is 41.1 Å². The third kappa shape index (κ3) is 2.50. The topological polar surface area (TPSA) is 32.9 Å². The first-order chi connectivity index (χ1) is 9.76. The average molecular weight is 263 g/mol. The van der Waals surface area contributed by atoms with Gasteiger partial charge in [0.2, 0.25) is 0 Å². The second-order valence-electron chi connectivity index (χ2n) is 5.05. The van der Waals surface area contributed by atoms with Crippen molar-refractivity contribution in [3.8, 4) is 0 Å². The number of carbonyl (C=O) groups excluding carboxylic acids is 1. The summed E-state index contributed by atoms with van der Waals surface area (Å²) in [7, 11) is 0. The van der Waals surface area contributed by atoms with E-state index in [-0.39, 0.29) is 5.78 Å². The molecule has 0 saturated heterocycles. The van der Waals surface area contributed by atoms with Gasteiger partial charge < -0.3 is 4.98 Å². The highest BCUT2D eigenvalue weighted by molar-refractivity contribution is 5.98. The Labute approximate surface area is 118 Å². The number of benzene rings is 2. The molecule has 3 aromatic rings. The lowest BCUT2D eigenvalue weighted by Gasteiger charge is -2.03. The van der Waals surface area contributed by atoms with E-state index in [4.69, 9.17) is 0 Å². The van der Waals surface area contributed by atoms with Crippen molar-refractivity contribution in [2.45, 2.75) is 19.8 Å². The Hall–Kier alpha value is -2.35. The van der Waals surface area contributed by atoms with Crippen LogP contribution in [-0.4, -0.2) is 10.8 Å². The molecule has 0 aliphatic carbocycles. The van der Waals surface area contributed by atoms with Crippen molar-refractivity contribution >= 4 is 16.7 Å². The highest BCUT2D eigenvalue weighted by Gasteiger charge is 2.07. The maximum atomic E-state index is 12.3. The van der Waals surface area contributed by atoms with E-state index in [0.29, 0.717) is 6.42 Å². The molecule has 2 aromatic carbocycles. The lowest BCUT2D eigenvalue weighted by Crippen LogP contribution is -2.03. The lowest BCUT2D eigenvalue weighted by atomic mass is 10.0. The quantitative estimate of drug-likeness (QED) is 0.704. The van der Waals surface area contributed by atoms with Gasteiger partial charge in [0.05, 0.1) is 0 Å². The molecule has 0 spiro atoms. The monoisotopic (exact) mass is 263 g/mol. The van der Waals surface area contributed by atoms with E-state index in [9.17, 15) is 4.79 Å². The molecule has 1 aromatic heterocycles. The minimum Gasteiger partial charge on any atom is -0.361 e. The second-order valence-corrected chi connectivity index (χ2v) is 5.05. The van der Waals surface area contributed by atoms with Crippen molar-refractivity contribution in [3.05, 3.63) is 71.4 Å². The smallest absolute Gasteiger partial charge is 0.167 e. The molecule has 0 aliphatic rings. The summed E-state index contributed by atoms with van der Waals surface area (Å²) in [4.78, 5) is 15.4. The molecule has 100 valence electrons. The summed E-state index contributed by atoms with van der Waals surface area (Å²) in [5.41, 5.74) is 4.21. The molecule has 1 heterocycles. The number of aromatic amines is 1. The van der Waals surface area contributed by atoms with Gasteiger partial charge in [0.15, 0.2) is 5.78 Å². The van der Waals surface area contributed by atoms with Gasteiger partial charge >= 0.3 is 0 Å². The molecule has 0 radical (unpaired) electrons. The van der Waals surface area contributed by atoms with E-state index in [1.54, 1.807) is 0 Å². The van der Waals surface area contributed by atoms with Crippen molar-refractivity contribution in [1.82, 2.24) is 4.98 Å². The van der Waals surface area contributed by atoms with Crippen LogP contribution in [0.4, 0.5) is 0 Å². The van der Waals surface area contributed by atoms with Gasteiger partial charge in [0, 0.05) is 23.7 Å². The molecule has 0 saturated carbocycles. The number of nitrogens with one attached hydrogen (secondary N) is 1. The second kappa shape index (κ2) is 5.33. The third-order valence-electron chi connectivity index (χ3n) is 3.67. The summed E-state index contributed by atoms with van der Waals surface area (Å²) < 4.78 is 0. The number of aromatic nitrogens is 1. The molecule has 3 rings (SSSR count). The van der Waals surface area contributed by atoms with Crippen LogP contribution in [0.1, 0.15) is 28.4 Å². The molecule has 0 fully saturated rings. The zero-order valence-electron chi connectivity index (χ0n) is 11.5. The van der Waals surface area contributed by atoms with Gasteiger partial charge in [0.1, 0.15) is 0 Å². The zero-order chi connectivity index (χ0) is 13.9. The van der Waals surface area contributed by atoms with Gasteiger partial charge in [-0.25, -0.2) is 0 Å². The number of ketones is 1. The van der Waals surface area contributed by atoms with Crippen LogP contribution in [0.5, 0.6) is 0 Å². The fourth-order valence-electron chi connectivity index (χ4n) is 2.43. The van der Waals surface area contributed by atoms with Crippen molar-refractivity contribution in [1.29, 1.82) is 0 Å². The number of hydrogen-bond donors (Lipinski definition) is 1. The van der Waals surface area contributed by atoms with Gasteiger partial charge in [-0.3, -0.25) is 4.79 Å². The summed E-state index contributed by atoms with van der Waals surface area (Å²) in [6.45, 7) is 2.11. The van der Waals surface area contributed by atoms with Crippen LogP contribution in [0, 0.1) is 0 Å². The Morgan fingerprint density at radius 1 is 1.00 bits per heavy atom. The standard InChI is InChI=1S/C18H17NO/c1-2-13-3-6-15(7-4-13)18(20)12-14-5-8-17-16(11-14)9-10-19-17/h3-11,19H,2,12H2,1H3. The van der Waals surface area contributed by atoms with Crippen LogP contribution in [-0.2, 0) is 12.8 Å². The molecule has 2 heteroatoms. The van der Waals surface area contributed by atoms with Crippen LogP contribution in [0.25, 0.3) is 10.9 Å². The molecular formula is C18H17NO. The minimum absolute atomic E-state index is 0.169. The lowest BCUT2D eigenvalue weighted by molar-refractivity contribution is 0.0993. The molecule has 0 aliphatic heterocycles.